The molecule has 1 amide bonds. The van der Waals surface area contributed by atoms with Crippen LogP contribution in [0, 0.1) is 0 Å². The van der Waals surface area contributed by atoms with E-state index in [1.807, 2.05) is 31.0 Å². The number of carbonyl (C=O) groups is 1. The molecule has 0 atom stereocenters. The van der Waals surface area contributed by atoms with Crippen LogP contribution in [0.5, 0.6) is 0 Å². The van der Waals surface area contributed by atoms with E-state index >= 15 is 0 Å². The standard InChI is InChI=1S/C15H24N4O2/c1-12(2)9-16-15(17-10-14(20)18(3)4)19(5)11-13-7-6-8-21-13/h6-8H,1,9-11H2,2-5H3,(H,16,17). The molecule has 0 aliphatic carbocycles. The lowest BCUT2D eigenvalue weighted by molar-refractivity contribution is -0.127. The van der Waals surface area contributed by atoms with Crippen molar-refractivity contribution in [3.63, 3.8) is 0 Å². The summed E-state index contributed by atoms with van der Waals surface area (Å²) in [4.78, 5) is 19.4. The second-order valence-electron chi connectivity index (χ2n) is 5.17. The highest BCUT2D eigenvalue weighted by Crippen LogP contribution is 2.04. The van der Waals surface area contributed by atoms with Crippen molar-refractivity contribution in [3.8, 4) is 0 Å². The van der Waals surface area contributed by atoms with E-state index in [1.54, 1.807) is 20.4 Å². The van der Waals surface area contributed by atoms with Crippen LogP contribution in [-0.2, 0) is 11.3 Å². The van der Waals surface area contributed by atoms with Crippen molar-refractivity contribution in [2.75, 3.05) is 34.2 Å². The molecule has 0 radical (unpaired) electrons. The molecule has 0 saturated heterocycles. The van der Waals surface area contributed by atoms with Crippen LogP contribution in [0.1, 0.15) is 12.7 Å². The van der Waals surface area contributed by atoms with Gasteiger partial charge in [-0.05, 0) is 19.1 Å². The number of likely N-dealkylation sites (N-methyl/N-ethyl adjacent to an activating group) is 1. The van der Waals surface area contributed by atoms with Crippen LogP contribution in [-0.4, -0.2) is 55.9 Å². The summed E-state index contributed by atoms with van der Waals surface area (Å²) in [5.41, 5.74) is 0.994. The van der Waals surface area contributed by atoms with Crippen LogP contribution in [0.15, 0.2) is 40.0 Å². The highest BCUT2D eigenvalue weighted by Gasteiger charge is 2.10. The summed E-state index contributed by atoms with van der Waals surface area (Å²) in [7, 11) is 5.32. The molecule has 0 aliphatic rings. The average molecular weight is 292 g/mol. The zero-order valence-corrected chi connectivity index (χ0v) is 13.2. The SMILES string of the molecule is C=C(C)CNC(=NCC(=O)N(C)C)N(C)Cc1ccco1. The number of nitrogens with zero attached hydrogens (tertiary/aromatic N) is 3. The Hall–Kier alpha value is -2.24. The molecule has 0 fully saturated rings. The molecule has 1 N–H and O–H groups in total. The van der Waals surface area contributed by atoms with E-state index in [9.17, 15) is 4.79 Å². The third kappa shape index (κ3) is 6.16. The van der Waals surface area contributed by atoms with Gasteiger partial charge >= 0.3 is 0 Å². The molecule has 0 spiro atoms. The number of aliphatic imine (C=N–C) groups is 1. The summed E-state index contributed by atoms with van der Waals surface area (Å²) in [5, 5.41) is 3.19. The largest absolute Gasteiger partial charge is 0.467 e. The lowest BCUT2D eigenvalue weighted by Gasteiger charge is -2.22. The lowest BCUT2D eigenvalue weighted by atomic mass is 10.3. The van der Waals surface area contributed by atoms with Gasteiger partial charge in [-0.3, -0.25) is 4.79 Å². The molecule has 0 saturated carbocycles. The summed E-state index contributed by atoms with van der Waals surface area (Å²) in [6, 6.07) is 3.74. The second kappa shape index (κ2) is 8.14. The molecular formula is C15H24N4O2. The van der Waals surface area contributed by atoms with Gasteiger partial charge in [-0.15, -0.1) is 0 Å². The summed E-state index contributed by atoms with van der Waals surface area (Å²) >= 11 is 0. The number of carbonyl (C=O) groups excluding carboxylic acids is 1. The number of nitrogens with one attached hydrogen (secondary N) is 1. The molecule has 21 heavy (non-hydrogen) atoms. The molecule has 0 aliphatic heterocycles. The summed E-state index contributed by atoms with van der Waals surface area (Å²) in [6.45, 7) is 7.08. The molecule has 1 aromatic heterocycles. The number of hydrogen-bond donors (Lipinski definition) is 1. The normalized spacial score (nSPS) is 11.1. The van der Waals surface area contributed by atoms with Gasteiger partial charge in [0.2, 0.25) is 5.91 Å². The summed E-state index contributed by atoms with van der Waals surface area (Å²) in [5.74, 6) is 1.43. The predicted molar refractivity (Wildman–Crippen MR) is 84.0 cm³/mol. The molecular weight excluding hydrogens is 268 g/mol. The van der Waals surface area contributed by atoms with Crippen LogP contribution in [0.25, 0.3) is 0 Å². The zero-order valence-electron chi connectivity index (χ0n) is 13.2. The highest BCUT2D eigenvalue weighted by atomic mass is 16.3. The Kier molecular flexibility index (Phi) is 6.52. The van der Waals surface area contributed by atoms with E-state index < -0.39 is 0 Å². The zero-order chi connectivity index (χ0) is 15.8. The van der Waals surface area contributed by atoms with E-state index in [-0.39, 0.29) is 12.5 Å². The van der Waals surface area contributed by atoms with Crippen LogP contribution >= 0.6 is 0 Å². The Morgan fingerprint density at radius 2 is 2.14 bits per heavy atom. The summed E-state index contributed by atoms with van der Waals surface area (Å²) in [6.07, 6.45) is 1.64. The van der Waals surface area contributed by atoms with Crippen LogP contribution in [0.3, 0.4) is 0 Å². The average Bonchev–Trinajstić information content (AvgIpc) is 2.90. The van der Waals surface area contributed by atoms with Gasteiger partial charge in [0, 0.05) is 27.7 Å². The van der Waals surface area contributed by atoms with Gasteiger partial charge < -0.3 is 19.5 Å². The minimum atomic E-state index is -0.0453. The van der Waals surface area contributed by atoms with Crippen molar-refractivity contribution < 1.29 is 9.21 Å². The Balaban J connectivity index is 2.72. The van der Waals surface area contributed by atoms with Crippen molar-refractivity contribution in [3.05, 3.63) is 36.3 Å². The highest BCUT2D eigenvalue weighted by molar-refractivity contribution is 5.84. The Morgan fingerprint density at radius 3 is 2.67 bits per heavy atom. The molecule has 0 unspecified atom stereocenters. The van der Waals surface area contributed by atoms with Gasteiger partial charge in [0.25, 0.3) is 0 Å². The van der Waals surface area contributed by atoms with E-state index in [4.69, 9.17) is 4.42 Å². The summed E-state index contributed by atoms with van der Waals surface area (Å²) < 4.78 is 5.33. The minimum Gasteiger partial charge on any atom is -0.467 e. The van der Waals surface area contributed by atoms with E-state index in [2.05, 4.69) is 16.9 Å². The Morgan fingerprint density at radius 1 is 1.43 bits per heavy atom. The minimum absolute atomic E-state index is 0.0453. The molecule has 0 bridgehead atoms. The van der Waals surface area contributed by atoms with Gasteiger partial charge in [0.15, 0.2) is 5.96 Å². The maximum absolute atomic E-state index is 11.7. The fraction of sp³-hybridized carbons (Fsp3) is 0.467. The predicted octanol–water partition coefficient (Wildman–Crippen LogP) is 1.32. The monoisotopic (exact) mass is 292 g/mol. The first-order valence-electron chi connectivity index (χ1n) is 6.76. The third-order valence-electron chi connectivity index (χ3n) is 2.75. The van der Waals surface area contributed by atoms with Crippen LogP contribution < -0.4 is 5.32 Å². The molecule has 0 aromatic carbocycles. The number of amides is 1. The fourth-order valence-corrected chi connectivity index (χ4v) is 1.54. The molecule has 1 rings (SSSR count). The van der Waals surface area contributed by atoms with Crippen molar-refractivity contribution in [1.29, 1.82) is 0 Å². The number of rotatable bonds is 6. The first-order valence-corrected chi connectivity index (χ1v) is 6.76. The molecule has 6 nitrogen and oxygen atoms in total. The second-order valence-corrected chi connectivity index (χ2v) is 5.17. The molecule has 1 aromatic rings. The van der Waals surface area contributed by atoms with Crippen molar-refractivity contribution in [1.82, 2.24) is 15.1 Å². The van der Waals surface area contributed by atoms with Crippen molar-refractivity contribution in [2.45, 2.75) is 13.5 Å². The van der Waals surface area contributed by atoms with Gasteiger partial charge in [0.1, 0.15) is 12.3 Å². The maximum Gasteiger partial charge on any atom is 0.243 e. The third-order valence-corrected chi connectivity index (χ3v) is 2.75. The Bertz CT molecular complexity index is 492. The Labute approximate surface area is 126 Å². The smallest absolute Gasteiger partial charge is 0.243 e. The fourth-order valence-electron chi connectivity index (χ4n) is 1.54. The number of guanidine groups is 1. The van der Waals surface area contributed by atoms with Gasteiger partial charge in [-0.1, -0.05) is 12.2 Å². The van der Waals surface area contributed by atoms with E-state index in [0.717, 1.165) is 11.3 Å². The first kappa shape index (κ1) is 16.8. The van der Waals surface area contributed by atoms with E-state index in [1.165, 1.54) is 4.90 Å². The lowest BCUT2D eigenvalue weighted by Crippen LogP contribution is -2.40. The van der Waals surface area contributed by atoms with Crippen molar-refractivity contribution in [2.24, 2.45) is 4.99 Å². The van der Waals surface area contributed by atoms with Crippen LogP contribution in [0.4, 0.5) is 0 Å². The van der Waals surface area contributed by atoms with E-state index in [0.29, 0.717) is 19.0 Å². The first-order chi connectivity index (χ1) is 9.90. The molecule has 116 valence electrons. The van der Waals surface area contributed by atoms with Gasteiger partial charge in [0.05, 0.1) is 12.8 Å². The molecule has 1 heterocycles. The van der Waals surface area contributed by atoms with Gasteiger partial charge in [-0.25, -0.2) is 4.99 Å². The van der Waals surface area contributed by atoms with Crippen molar-refractivity contribution >= 4 is 11.9 Å². The maximum atomic E-state index is 11.7. The number of hydrogen-bond acceptors (Lipinski definition) is 3. The quantitative estimate of drug-likeness (QED) is 0.488. The van der Waals surface area contributed by atoms with Gasteiger partial charge in [-0.2, -0.15) is 0 Å². The van der Waals surface area contributed by atoms with Crippen LogP contribution in [0.2, 0.25) is 0 Å². The topological polar surface area (TPSA) is 61.1 Å². The number of furan rings is 1. The molecule has 6 heteroatoms.